The van der Waals surface area contributed by atoms with E-state index < -0.39 is 10.0 Å². The van der Waals surface area contributed by atoms with E-state index in [0.29, 0.717) is 11.4 Å². The first-order valence-corrected chi connectivity index (χ1v) is 7.02. The molecular weight excluding hydrogens is 282 g/mol. The lowest BCUT2D eigenvalue weighted by molar-refractivity contribution is 0.350. The number of hydrogen-bond donors (Lipinski definition) is 2. The number of benzene rings is 1. The second-order valence-corrected chi connectivity index (χ2v) is 5.42. The topological polar surface area (TPSA) is 105 Å². The lowest BCUT2D eigenvalue weighted by Crippen LogP contribution is -2.13. The summed E-state index contributed by atoms with van der Waals surface area (Å²) in [6, 6.07) is 5.78. The van der Waals surface area contributed by atoms with Gasteiger partial charge in [-0.3, -0.25) is 0 Å². The normalized spacial score (nSPS) is 10.7. The van der Waals surface area contributed by atoms with E-state index in [0.717, 1.165) is 0 Å². The fourth-order valence-corrected chi connectivity index (χ4v) is 2.37. The average molecular weight is 293 g/mol. The third kappa shape index (κ3) is 3.34. The minimum absolute atomic E-state index is 0.0121. The van der Waals surface area contributed by atoms with Crippen molar-refractivity contribution >= 4 is 16.0 Å². The number of nitrogens with zero attached hydrogens (tertiary/aromatic N) is 2. The van der Waals surface area contributed by atoms with Crippen LogP contribution in [0.3, 0.4) is 0 Å². The van der Waals surface area contributed by atoms with E-state index in [4.69, 9.17) is 9.63 Å². The van der Waals surface area contributed by atoms with Gasteiger partial charge in [-0.1, -0.05) is 23.1 Å². The number of hydrogen-bond acceptors (Lipinski definition) is 6. The third-order valence-electron chi connectivity index (χ3n) is 2.21. The highest BCUT2D eigenvalue weighted by Gasteiger charge is 2.17. The summed E-state index contributed by atoms with van der Waals surface area (Å²) >= 11 is 0. The van der Waals surface area contributed by atoms with E-state index in [9.17, 15) is 8.42 Å². The second kappa shape index (κ2) is 5.73. The molecule has 0 radical (unpaired) electrons. The van der Waals surface area contributed by atoms with Crippen LogP contribution < -0.4 is 4.72 Å². The van der Waals surface area contributed by atoms with Crippen LogP contribution in [-0.4, -0.2) is 30.3 Å². The van der Waals surface area contributed by atoms with Crippen LogP contribution in [0.25, 0.3) is 0 Å². The fourth-order valence-electron chi connectivity index (χ4n) is 1.39. The Morgan fingerprint density at radius 2 is 2.25 bits per heavy atom. The Bertz CT molecular complexity index is 771. The number of aliphatic hydroxyl groups is 1. The molecule has 2 aromatic rings. The van der Waals surface area contributed by atoms with Crippen molar-refractivity contribution in [1.82, 2.24) is 10.1 Å². The summed E-state index contributed by atoms with van der Waals surface area (Å²) in [5, 5.41) is 12.1. The SMILES string of the molecule is Cc1noc(NS(=O)(=O)c2cccc(C#CCO)c2)n1. The van der Waals surface area contributed by atoms with Crippen LogP contribution in [0.15, 0.2) is 33.7 Å². The summed E-state index contributed by atoms with van der Waals surface area (Å²) in [5.41, 5.74) is 0.476. The second-order valence-electron chi connectivity index (χ2n) is 3.74. The van der Waals surface area contributed by atoms with Crippen LogP contribution in [0.2, 0.25) is 0 Å². The fraction of sp³-hybridized carbons (Fsp3) is 0.167. The number of sulfonamides is 1. The van der Waals surface area contributed by atoms with Crippen LogP contribution in [0.5, 0.6) is 0 Å². The zero-order chi connectivity index (χ0) is 14.6. The van der Waals surface area contributed by atoms with Crippen LogP contribution in [0.1, 0.15) is 11.4 Å². The standard InChI is InChI=1S/C12H11N3O4S/c1-9-13-12(19-14-9)15-20(17,18)11-6-2-4-10(8-11)5-3-7-16/h2,4,6,8,16H,7H2,1H3,(H,13,14,15). The maximum Gasteiger partial charge on any atom is 0.335 e. The molecule has 20 heavy (non-hydrogen) atoms. The summed E-state index contributed by atoms with van der Waals surface area (Å²) in [7, 11) is -3.82. The van der Waals surface area contributed by atoms with Gasteiger partial charge < -0.3 is 9.63 Å². The molecule has 0 bridgehead atoms. The van der Waals surface area contributed by atoms with Gasteiger partial charge in [-0.15, -0.1) is 0 Å². The summed E-state index contributed by atoms with van der Waals surface area (Å²) in [6.45, 7) is 1.28. The van der Waals surface area contributed by atoms with Gasteiger partial charge in [-0.25, -0.2) is 13.1 Å². The van der Waals surface area contributed by atoms with Gasteiger partial charge in [0.1, 0.15) is 6.61 Å². The molecule has 0 aliphatic heterocycles. The van der Waals surface area contributed by atoms with Crippen molar-refractivity contribution in [2.24, 2.45) is 0 Å². The van der Waals surface area contributed by atoms with Crippen molar-refractivity contribution in [3.8, 4) is 11.8 Å². The molecule has 2 rings (SSSR count). The lowest BCUT2D eigenvalue weighted by Gasteiger charge is -2.04. The summed E-state index contributed by atoms with van der Waals surface area (Å²) in [6.07, 6.45) is 0. The maximum atomic E-state index is 12.1. The highest BCUT2D eigenvalue weighted by atomic mass is 32.2. The summed E-state index contributed by atoms with van der Waals surface area (Å²) in [5.74, 6) is 5.40. The van der Waals surface area contributed by atoms with Crippen molar-refractivity contribution in [2.45, 2.75) is 11.8 Å². The van der Waals surface area contributed by atoms with Gasteiger partial charge >= 0.3 is 6.01 Å². The Morgan fingerprint density at radius 3 is 2.90 bits per heavy atom. The van der Waals surface area contributed by atoms with Crippen LogP contribution in [-0.2, 0) is 10.0 Å². The number of aromatic nitrogens is 2. The summed E-state index contributed by atoms with van der Waals surface area (Å²) < 4.78 is 31.1. The molecule has 1 heterocycles. The molecule has 7 nitrogen and oxygen atoms in total. The molecule has 0 fully saturated rings. The van der Waals surface area contributed by atoms with Gasteiger partial charge in [0.05, 0.1) is 4.90 Å². The van der Waals surface area contributed by atoms with Crippen LogP contribution >= 0.6 is 0 Å². The Hall–Kier alpha value is -2.37. The Kier molecular flexibility index (Phi) is 4.02. The van der Waals surface area contributed by atoms with Crippen molar-refractivity contribution in [3.63, 3.8) is 0 Å². The highest BCUT2D eigenvalue weighted by Crippen LogP contribution is 2.15. The molecule has 0 aliphatic rings. The number of anilines is 1. The molecule has 104 valence electrons. The van der Waals surface area contributed by atoms with E-state index in [1.54, 1.807) is 19.1 Å². The van der Waals surface area contributed by atoms with Crippen LogP contribution in [0, 0.1) is 18.8 Å². The molecule has 0 saturated carbocycles. The molecule has 2 N–H and O–H groups in total. The predicted molar refractivity (Wildman–Crippen MR) is 70.2 cm³/mol. The van der Waals surface area contributed by atoms with Crippen molar-refractivity contribution in [2.75, 3.05) is 11.3 Å². The van der Waals surface area contributed by atoms with E-state index in [2.05, 4.69) is 26.7 Å². The molecule has 0 amide bonds. The lowest BCUT2D eigenvalue weighted by atomic mass is 10.2. The summed E-state index contributed by atoms with van der Waals surface area (Å²) in [4.78, 5) is 3.78. The number of rotatable bonds is 3. The van der Waals surface area contributed by atoms with Crippen molar-refractivity contribution in [1.29, 1.82) is 0 Å². The molecule has 1 aromatic heterocycles. The van der Waals surface area contributed by atoms with Gasteiger partial charge in [-0.05, 0) is 25.1 Å². The van der Waals surface area contributed by atoms with Gasteiger partial charge in [0.15, 0.2) is 5.82 Å². The van der Waals surface area contributed by atoms with Gasteiger partial charge in [0.2, 0.25) is 0 Å². The quantitative estimate of drug-likeness (QED) is 0.799. The van der Waals surface area contributed by atoms with Gasteiger partial charge in [0.25, 0.3) is 10.0 Å². The number of aryl methyl sites for hydroxylation is 1. The van der Waals surface area contributed by atoms with Crippen LogP contribution in [0.4, 0.5) is 6.01 Å². The Balaban J connectivity index is 2.29. The zero-order valence-corrected chi connectivity index (χ0v) is 11.3. The monoisotopic (exact) mass is 293 g/mol. The number of aliphatic hydroxyl groups excluding tert-OH is 1. The minimum Gasteiger partial charge on any atom is -0.384 e. The average Bonchev–Trinajstić information content (AvgIpc) is 2.81. The highest BCUT2D eigenvalue weighted by molar-refractivity contribution is 7.92. The van der Waals surface area contributed by atoms with E-state index in [1.807, 2.05) is 0 Å². The van der Waals surface area contributed by atoms with Gasteiger partial charge in [-0.2, -0.15) is 4.98 Å². The Labute approximate surface area is 115 Å². The van der Waals surface area contributed by atoms with E-state index in [1.165, 1.54) is 12.1 Å². The maximum absolute atomic E-state index is 12.1. The predicted octanol–water partition coefficient (Wildman–Crippen LogP) is 0.523. The molecule has 1 aromatic carbocycles. The third-order valence-corrected chi connectivity index (χ3v) is 3.52. The van der Waals surface area contributed by atoms with E-state index in [-0.39, 0.29) is 17.5 Å². The molecule has 0 saturated heterocycles. The smallest absolute Gasteiger partial charge is 0.335 e. The number of nitrogens with one attached hydrogen (secondary N) is 1. The first-order chi connectivity index (χ1) is 9.51. The van der Waals surface area contributed by atoms with Crippen molar-refractivity contribution < 1.29 is 18.0 Å². The minimum atomic E-state index is -3.82. The molecular formula is C12H11N3O4S. The first-order valence-electron chi connectivity index (χ1n) is 5.54. The molecule has 8 heteroatoms. The van der Waals surface area contributed by atoms with Crippen molar-refractivity contribution in [3.05, 3.63) is 35.7 Å². The van der Waals surface area contributed by atoms with E-state index >= 15 is 0 Å². The zero-order valence-electron chi connectivity index (χ0n) is 10.5. The molecule has 0 aliphatic carbocycles. The molecule has 0 atom stereocenters. The molecule has 0 unspecified atom stereocenters. The van der Waals surface area contributed by atoms with Gasteiger partial charge in [0, 0.05) is 5.56 Å². The first kappa shape index (κ1) is 14.0. The Morgan fingerprint density at radius 1 is 1.45 bits per heavy atom. The largest absolute Gasteiger partial charge is 0.384 e. The molecule has 0 spiro atoms.